The summed E-state index contributed by atoms with van der Waals surface area (Å²) >= 11 is 12.3. The maximum Gasteiger partial charge on any atom is 0.138 e. The Bertz CT molecular complexity index is 696. The lowest BCUT2D eigenvalue weighted by atomic mass is 10.0. The first kappa shape index (κ1) is 19.5. The summed E-state index contributed by atoms with van der Waals surface area (Å²) in [4.78, 5) is 2.49. The van der Waals surface area contributed by atoms with E-state index in [-0.39, 0.29) is 12.1 Å². The monoisotopic (exact) mass is 392 g/mol. The molecule has 3 rings (SSSR count). The average molecular weight is 393 g/mol. The second-order valence-electron chi connectivity index (χ2n) is 6.80. The van der Waals surface area contributed by atoms with Crippen molar-refractivity contribution in [1.82, 2.24) is 10.2 Å². The van der Waals surface area contributed by atoms with E-state index >= 15 is 0 Å². The van der Waals surface area contributed by atoms with Gasteiger partial charge in [0.15, 0.2) is 0 Å². The molecule has 26 heavy (non-hydrogen) atoms. The maximum absolute atomic E-state index is 6.31. The van der Waals surface area contributed by atoms with Gasteiger partial charge in [0, 0.05) is 31.2 Å². The van der Waals surface area contributed by atoms with Crippen molar-refractivity contribution in [2.45, 2.75) is 38.5 Å². The minimum atomic E-state index is 0.0808. The van der Waals surface area contributed by atoms with E-state index in [1.54, 1.807) is 6.07 Å². The minimum absolute atomic E-state index is 0.0808. The lowest BCUT2D eigenvalue weighted by Crippen LogP contribution is -2.56. The van der Waals surface area contributed by atoms with Crippen LogP contribution in [0.1, 0.15) is 25.3 Å². The van der Waals surface area contributed by atoms with E-state index in [0.717, 1.165) is 39.0 Å². The van der Waals surface area contributed by atoms with Gasteiger partial charge in [0.05, 0.1) is 11.1 Å². The largest absolute Gasteiger partial charge is 0.487 e. The maximum atomic E-state index is 6.31. The normalized spacial score (nSPS) is 19.3. The molecule has 2 aromatic carbocycles. The highest BCUT2D eigenvalue weighted by Gasteiger charge is 2.28. The fourth-order valence-electron chi connectivity index (χ4n) is 3.44. The van der Waals surface area contributed by atoms with Crippen LogP contribution in [-0.4, -0.2) is 36.7 Å². The molecule has 1 saturated heterocycles. The quantitative estimate of drug-likeness (QED) is 0.715. The topological polar surface area (TPSA) is 24.5 Å². The van der Waals surface area contributed by atoms with Crippen molar-refractivity contribution in [3.05, 3.63) is 64.1 Å². The first-order valence-electron chi connectivity index (χ1n) is 9.27. The Kier molecular flexibility index (Phi) is 7.21. The molecule has 0 aliphatic carbocycles. The van der Waals surface area contributed by atoms with Crippen LogP contribution < -0.4 is 10.1 Å². The molecular formula is C21H26Cl2N2O. The highest BCUT2D eigenvalue weighted by atomic mass is 35.5. The van der Waals surface area contributed by atoms with Crippen molar-refractivity contribution >= 4 is 23.2 Å². The van der Waals surface area contributed by atoms with Crippen molar-refractivity contribution in [3.63, 3.8) is 0 Å². The molecule has 0 bridgehead atoms. The molecule has 0 amide bonds. The van der Waals surface area contributed by atoms with E-state index in [9.17, 15) is 0 Å². The van der Waals surface area contributed by atoms with Crippen LogP contribution in [0, 0.1) is 0 Å². The number of benzene rings is 2. The zero-order chi connectivity index (χ0) is 18.4. The van der Waals surface area contributed by atoms with Gasteiger partial charge in [-0.2, -0.15) is 0 Å². The first-order valence-corrected chi connectivity index (χ1v) is 10.0. The molecule has 140 valence electrons. The molecular weight excluding hydrogens is 367 g/mol. The fourth-order valence-corrected chi connectivity index (χ4v) is 3.89. The second-order valence-corrected chi connectivity index (χ2v) is 7.64. The van der Waals surface area contributed by atoms with Crippen LogP contribution in [0.4, 0.5) is 0 Å². The molecule has 0 spiro atoms. The van der Waals surface area contributed by atoms with Crippen molar-refractivity contribution in [3.8, 4) is 5.75 Å². The highest BCUT2D eigenvalue weighted by molar-refractivity contribution is 6.35. The Morgan fingerprint density at radius 1 is 1.19 bits per heavy atom. The predicted octanol–water partition coefficient (Wildman–Crippen LogP) is 5.01. The smallest absolute Gasteiger partial charge is 0.138 e. The minimum Gasteiger partial charge on any atom is -0.487 e. The number of nitrogens with zero attached hydrogens (tertiary/aromatic N) is 1. The number of piperazine rings is 1. The van der Waals surface area contributed by atoms with Gasteiger partial charge >= 0.3 is 0 Å². The van der Waals surface area contributed by atoms with Crippen molar-refractivity contribution in [2.24, 2.45) is 0 Å². The summed E-state index contributed by atoms with van der Waals surface area (Å²) in [5, 5.41) is 4.82. The van der Waals surface area contributed by atoms with Crippen molar-refractivity contribution in [2.75, 3.05) is 19.6 Å². The van der Waals surface area contributed by atoms with Gasteiger partial charge in [-0.25, -0.2) is 0 Å². The second kappa shape index (κ2) is 9.61. The van der Waals surface area contributed by atoms with Gasteiger partial charge in [-0.3, -0.25) is 4.90 Å². The van der Waals surface area contributed by atoms with Crippen LogP contribution in [0.3, 0.4) is 0 Å². The van der Waals surface area contributed by atoms with E-state index in [2.05, 4.69) is 47.5 Å². The molecule has 5 heteroatoms. The van der Waals surface area contributed by atoms with Crippen LogP contribution in [0.25, 0.3) is 0 Å². The number of hydrogen-bond donors (Lipinski definition) is 1. The molecule has 0 saturated carbocycles. The molecule has 0 aromatic heterocycles. The molecule has 3 nitrogen and oxygen atoms in total. The highest BCUT2D eigenvalue weighted by Crippen LogP contribution is 2.29. The molecule has 1 aliphatic rings. The standard InChI is InChI=1S/C21H26Cl2N2O/c1-2-6-21(26-20-10-9-17(22)13-18(20)23)19-15-25(12-11-24-19)14-16-7-4-3-5-8-16/h3-5,7-10,13,19,21,24H,2,6,11-12,14-15H2,1H3. The molecule has 2 unspecified atom stereocenters. The van der Waals surface area contributed by atoms with Gasteiger partial charge in [-0.1, -0.05) is 66.9 Å². The van der Waals surface area contributed by atoms with Crippen molar-refractivity contribution < 1.29 is 4.74 Å². The third-order valence-electron chi connectivity index (χ3n) is 4.73. The predicted molar refractivity (Wildman–Crippen MR) is 109 cm³/mol. The van der Waals surface area contributed by atoms with Gasteiger partial charge < -0.3 is 10.1 Å². The number of nitrogens with one attached hydrogen (secondary N) is 1. The molecule has 1 aliphatic heterocycles. The lowest BCUT2D eigenvalue weighted by Gasteiger charge is -2.38. The molecule has 2 aromatic rings. The third kappa shape index (κ3) is 5.37. The first-order chi connectivity index (χ1) is 12.7. The van der Waals surface area contributed by atoms with E-state index in [1.807, 2.05) is 12.1 Å². The fraction of sp³-hybridized carbons (Fsp3) is 0.429. The zero-order valence-corrected chi connectivity index (χ0v) is 16.6. The molecule has 1 heterocycles. The van der Waals surface area contributed by atoms with Crippen LogP contribution in [0.15, 0.2) is 48.5 Å². The average Bonchev–Trinajstić information content (AvgIpc) is 2.64. The summed E-state index contributed by atoms with van der Waals surface area (Å²) in [6.07, 6.45) is 2.12. The Morgan fingerprint density at radius 2 is 2.00 bits per heavy atom. The summed E-state index contributed by atoms with van der Waals surface area (Å²) < 4.78 is 6.30. The van der Waals surface area contributed by atoms with Crippen LogP contribution in [0.5, 0.6) is 5.75 Å². The lowest BCUT2D eigenvalue weighted by molar-refractivity contribution is 0.0874. The molecule has 1 fully saturated rings. The summed E-state index contributed by atoms with van der Waals surface area (Å²) in [5.74, 6) is 0.705. The Morgan fingerprint density at radius 3 is 2.73 bits per heavy atom. The SMILES string of the molecule is CCCC(Oc1ccc(Cl)cc1Cl)C1CN(Cc2ccccc2)CCN1. The Hall–Kier alpha value is -1.26. The van der Waals surface area contributed by atoms with Gasteiger partial charge in [0.2, 0.25) is 0 Å². The van der Waals surface area contributed by atoms with E-state index in [1.165, 1.54) is 5.56 Å². The van der Waals surface area contributed by atoms with Gasteiger partial charge in [-0.05, 0) is 30.2 Å². The zero-order valence-electron chi connectivity index (χ0n) is 15.1. The third-order valence-corrected chi connectivity index (χ3v) is 5.26. The molecule has 0 radical (unpaired) electrons. The van der Waals surface area contributed by atoms with E-state index < -0.39 is 0 Å². The number of rotatable bonds is 7. The van der Waals surface area contributed by atoms with E-state index in [0.29, 0.717) is 15.8 Å². The summed E-state index contributed by atoms with van der Waals surface area (Å²) in [5.41, 5.74) is 1.35. The van der Waals surface area contributed by atoms with E-state index in [4.69, 9.17) is 27.9 Å². The summed E-state index contributed by atoms with van der Waals surface area (Å²) in [7, 11) is 0. The number of halogens is 2. The Balaban J connectivity index is 1.66. The van der Waals surface area contributed by atoms with Gasteiger partial charge in [0.25, 0.3) is 0 Å². The summed E-state index contributed by atoms with van der Waals surface area (Å²) in [6, 6.07) is 16.3. The number of ether oxygens (including phenoxy) is 1. The van der Waals surface area contributed by atoms with Crippen LogP contribution in [0.2, 0.25) is 10.0 Å². The van der Waals surface area contributed by atoms with Crippen LogP contribution >= 0.6 is 23.2 Å². The van der Waals surface area contributed by atoms with Gasteiger partial charge in [0.1, 0.15) is 11.9 Å². The van der Waals surface area contributed by atoms with Crippen LogP contribution in [-0.2, 0) is 6.54 Å². The van der Waals surface area contributed by atoms with Crippen molar-refractivity contribution in [1.29, 1.82) is 0 Å². The summed E-state index contributed by atoms with van der Waals surface area (Å²) in [6.45, 7) is 6.14. The molecule has 2 atom stereocenters. The Labute approximate surface area is 166 Å². The molecule has 1 N–H and O–H groups in total. The number of hydrogen-bond acceptors (Lipinski definition) is 3. The van der Waals surface area contributed by atoms with Gasteiger partial charge in [-0.15, -0.1) is 0 Å².